The molecule has 0 spiro atoms. The molecule has 1 N–H and O–H groups in total. The monoisotopic (exact) mass is 338 g/mol. The van der Waals surface area contributed by atoms with E-state index < -0.39 is 24.0 Å². The lowest BCUT2D eigenvalue weighted by Crippen LogP contribution is -2.33. The molecule has 7 heteroatoms. The molecule has 0 saturated carbocycles. The van der Waals surface area contributed by atoms with Crippen molar-refractivity contribution in [2.45, 2.75) is 19.5 Å². The van der Waals surface area contributed by atoms with Gasteiger partial charge in [0.2, 0.25) is 0 Å². The molecule has 0 aliphatic carbocycles. The average Bonchev–Trinajstić information content (AvgIpc) is 2.99. The smallest absolute Gasteiger partial charge is 0.394 e. The third-order valence-corrected chi connectivity index (χ3v) is 4.59. The number of aryl methyl sites for hydroxylation is 1. The highest BCUT2D eigenvalue weighted by atomic mass is 19.4. The largest absolute Gasteiger partial charge is 0.481 e. The van der Waals surface area contributed by atoms with Gasteiger partial charge < -0.3 is 10.0 Å². The second-order valence-corrected chi connectivity index (χ2v) is 6.03. The lowest BCUT2D eigenvalue weighted by molar-refractivity contribution is -0.187. The Hall–Kier alpha value is -2.31. The molecule has 0 radical (unpaired) electrons. The van der Waals surface area contributed by atoms with Crippen molar-refractivity contribution in [2.24, 2.45) is 11.8 Å². The summed E-state index contributed by atoms with van der Waals surface area (Å²) in [5.41, 5.74) is 2.35. The lowest BCUT2D eigenvalue weighted by Gasteiger charge is -2.21. The van der Waals surface area contributed by atoms with Crippen LogP contribution in [-0.4, -0.2) is 35.3 Å². The summed E-state index contributed by atoms with van der Waals surface area (Å²) in [4.78, 5) is 17.0. The van der Waals surface area contributed by atoms with E-state index in [0.717, 1.165) is 17.4 Å². The molecule has 1 aliphatic heterocycles. The Bertz CT molecular complexity index is 776. The van der Waals surface area contributed by atoms with E-state index in [1.165, 1.54) is 4.90 Å². The summed E-state index contributed by atoms with van der Waals surface area (Å²) < 4.78 is 39.6. The van der Waals surface area contributed by atoms with Crippen LogP contribution < -0.4 is 4.90 Å². The number of rotatable bonds is 3. The van der Waals surface area contributed by atoms with E-state index in [9.17, 15) is 18.0 Å². The molecule has 4 nitrogen and oxygen atoms in total. The number of aliphatic carboxylic acids is 1. The van der Waals surface area contributed by atoms with Crippen LogP contribution in [0.1, 0.15) is 12.5 Å². The molecule has 2 atom stereocenters. The van der Waals surface area contributed by atoms with Crippen molar-refractivity contribution < 1.29 is 23.1 Å². The minimum atomic E-state index is -4.53. The van der Waals surface area contributed by atoms with Crippen LogP contribution in [-0.2, 0) is 11.2 Å². The van der Waals surface area contributed by atoms with Crippen molar-refractivity contribution in [1.29, 1.82) is 0 Å². The molecule has 1 fully saturated rings. The van der Waals surface area contributed by atoms with E-state index in [0.29, 0.717) is 11.2 Å². The maximum atomic E-state index is 13.2. The molecule has 128 valence electrons. The van der Waals surface area contributed by atoms with Crippen molar-refractivity contribution >= 4 is 22.6 Å². The molecule has 0 bridgehead atoms. The first-order valence-corrected chi connectivity index (χ1v) is 7.73. The normalized spacial score (nSPS) is 21.4. The predicted octanol–water partition coefficient (Wildman–Crippen LogP) is 3.50. The Kier molecular flexibility index (Phi) is 4.11. The van der Waals surface area contributed by atoms with E-state index in [1.807, 2.05) is 25.1 Å². The maximum absolute atomic E-state index is 13.2. The van der Waals surface area contributed by atoms with Crippen molar-refractivity contribution in [1.82, 2.24) is 4.98 Å². The highest BCUT2D eigenvalue weighted by molar-refractivity contribution is 5.92. The van der Waals surface area contributed by atoms with Crippen LogP contribution in [0.3, 0.4) is 0 Å². The molecular formula is C17H17F3N2O2. The summed E-state index contributed by atoms with van der Waals surface area (Å²) in [6.45, 7) is 1.48. The summed E-state index contributed by atoms with van der Waals surface area (Å²) in [5.74, 6) is -4.73. The fourth-order valence-electron chi connectivity index (χ4n) is 3.26. The molecule has 2 aromatic rings. The number of fused-ring (bicyclic) bond motifs is 1. The summed E-state index contributed by atoms with van der Waals surface area (Å²) in [6, 6.07) is 7.33. The first kappa shape index (κ1) is 16.5. The second kappa shape index (κ2) is 5.96. The van der Waals surface area contributed by atoms with Gasteiger partial charge in [-0.15, -0.1) is 0 Å². The lowest BCUT2D eigenvalue weighted by atomic mass is 9.96. The van der Waals surface area contributed by atoms with Gasteiger partial charge in [0.05, 0.1) is 17.4 Å². The molecular weight excluding hydrogens is 321 g/mol. The number of halogens is 3. The van der Waals surface area contributed by atoms with Gasteiger partial charge in [0.15, 0.2) is 0 Å². The molecule has 1 aromatic carbocycles. The van der Waals surface area contributed by atoms with Gasteiger partial charge in [0.25, 0.3) is 0 Å². The third-order valence-electron chi connectivity index (χ3n) is 4.59. The average molecular weight is 338 g/mol. The maximum Gasteiger partial charge on any atom is 0.394 e. The highest BCUT2D eigenvalue weighted by Gasteiger charge is 2.52. The number of hydrogen-bond acceptors (Lipinski definition) is 3. The molecule has 2 heterocycles. The van der Waals surface area contributed by atoms with Gasteiger partial charge in [-0.05, 0) is 30.2 Å². The van der Waals surface area contributed by atoms with Gasteiger partial charge in [0, 0.05) is 30.4 Å². The van der Waals surface area contributed by atoms with Crippen LogP contribution in [0.4, 0.5) is 18.9 Å². The topological polar surface area (TPSA) is 53.4 Å². The zero-order chi connectivity index (χ0) is 17.5. The van der Waals surface area contributed by atoms with Crippen LogP contribution in [0.25, 0.3) is 10.9 Å². The zero-order valence-corrected chi connectivity index (χ0v) is 13.0. The number of nitrogens with zero attached hydrogens (tertiary/aromatic N) is 2. The Balaban J connectivity index is 2.03. The van der Waals surface area contributed by atoms with Crippen molar-refractivity contribution in [2.75, 3.05) is 18.0 Å². The van der Waals surface area contributed by atoms with Gasteiger partial charge >= 0.3 is 12.1 Å². The van der Waals surface area contributed by atoms with Crippen LogP contribution >= 0.6 is 0 Å². The molecule has 1 aliphatic rings. The van der Waals surface area contributed by atoms with Crippen molar-refractivity contribution in [3.8, 4) is 0 Å². The molecule has 1 aromatic heterocycles. The van der Waals surface area contributed by atoms with E-state index in [2.05, 4.69) is 4.98 Å². The fraction of sp³-hybridized carbons (Fsp3) is 0.412. The molecule has 0 unspecified atom stereocenters. The van der Waals surface area contributed by atoms with Crippen LogP contribution in [0.2, 0.25) is 0 Å². The molecule has 1 saturated heterocycles. The van der Waals surface area contributed by atoms with Crippen LogP contribution in [0.5, 0.6) is 0 Å². The molecule has 24 heavy (non-hydrogen) atoms. The van der Waals surface area contributed by atoms with Crippen LogP contribution in [0, 0.1) is 11.8 Å². The Morgan fingerprint density at radius 2 is 2.08 bits per heavy atom. The zero-order valence-electron chi connectivity index (χ0n) is 13.0. The second-order valence-electron chi connectivity index (χ2n) is 6.03. The summed E-state index contributed by atoms with van der Waals surface area (Å²) in [7, 11) is 0. The van der Waals surface area contributed by atoms with Gasteiger partial charge in [-0.3, -0.25) is 9.78 Å². The van der Waals surface area contributed by atoms with Crippen LogP contribution in [0.15, 0.2) is 30.5 Å². The first-order chi connectivity index (χ1) is 11.3. The SMILES string of the molecule is CCc1ccc2nccc(N3C[C@@H](C(F)(F)F)[C@H](C(=O)O)C3)c2c1. The summed E-state index contributed by atoms with van der Waals surface area (Å²) in [5, 5.41) is 9.92. The molecule has 0 amide bonds. The number of aromatic nitrogens is 1. The molecule has 3 rings (SSSR count). The predicted molar refractivity (Wildman–Crippen MR) is 84.0 cm³/mol. The van der Waals surface area contributed by atoms with Crippen molar-refractivity contribution in [3.63, 3.8) is 0 Å². The van der Waals surface area contributed by atoms with E-state index in [1.54, 1.807) is 12.3 Å². The summed E-state index contributed by atoms with van der Waals surface area (Å²) >= 11 is 0. The quantitative estimate of drug-likeness (QED) is 0.931. The first-order valence-electron chi connectivity index (χ1n) is 7.73. The minimum Gasteiger partial charge on any atom is -0.481 e. The number of pyridine rings is 1. The Morgan fingerprint density at radius 3 is 2.67 bits per heavy atom. The minimum absolute atomic E-state index is 0.158. The van der Waals surface area contributed by atoms with Gasteiger partial charge in [0.1, 0.15) is 0 Å². The number of hydrogen-bond donors (Lipinski definition) is 1. The Labute approximate surface area is 136 Å². The van der Waals surface area contributed by atoms with E-state index >= 15 is 0 Å². The van der Waals surface area contributed by atoms with Gasteiger partial charge in [-0.1, -0.05) is 13.0 Å². The van der Waals surface area contributed by atoms with E-state index in [-0.39, 0.29) is 13.1 Å². The number of carbonyl (C=O) groups is 1. The number of carboxylic acid groups (broad SMARTS) is 1. The van der Waals surface area contributed by atoms with E-state index in [4.69, 9.17) is 5.11 Å². The summed E-state index contributed by atoms with van der Waals surface area (Å²) in [6.07, 6.45) is -2.19. The standard InChI is InChI=1S/C17H17F3N2O2/c1-2-10-3-4-14-11(7-10)15(5-6-21-14)22-8-12(16(23)24)13(9-22)17(18,19)20/h3-7,12-13H,2,8-9H2,1H3,(H,23,24)/t12-,13-/m1/s1. The van der Waals surface area contributed by atoms with Gasteiger partial charge in [-0.25, -0.2) is 0 Å². The van der Waals surface area contributed by atoms with Gasteiger partial charge in [-0.2, -0.15) is 13.2 Å². The number of alkyl halides is 3. The number of carboxylic acids is 1. The third kappa shape index (κ3) is 2.90. The highest BCUT2D eigenvalue weighted by Crippen LogP contribution is 2.40. The Morgan fingerprint density at radius 1 is 1.33 bits per heavy atom. The van der Waals surface area contributed by atoms with Crippen molar-refractivity contribution in [3.05, 3.63) is 36.0 Å². The number of benzene rings is 1. The number of anilines is 1. The fourth-order valence-corrected chi connectivity index (χ4v) is 3.26.